The summed E-state index contributed by atoms with van der Waals surface area (Å²) < 4.78 is 11.0. The van der Waals surface area contributed by atoms with Crippen molar-refractivity contribution in [3.63, 3.8) is 0 Å². The van der Waals surface area contributed by atoms with Gasteiger partial charge in [0.15, 0.2) is 6.61 Å². The Kier molecular flexibility index (Phi) is 9.12. The largest absolute Gasteiger partial charge is 0.497 e. The van der Waals surface area contributed by atoms with Gasteiger partial charge >= 0.3 is 0 Å². The Balaban J connectivity index is 2.17. The second-order valence-corrected chi connectivity index (χ2v) is 8.75. The lowest BCUT2D eigenvalue weighted by Crippen LogP contribution is -2.50. The lowest BCUT2D eigenvalue weighted by Gasteiger charge is -2.30. The van der Waals surface area contributed by atoms with Crippen LogP contribution in [0.3, 0.4) is 0 Å². The van der Waals surface area contributed by atoms with E-state index in [0.717, 1.165) is 11.3 Å². The summed E-state index contributed by atoms with van der Waals surface area (Å²) in [7, 11) is 1.61. The fourth-order valence-corrected chi connectivity index (χ4v) is 3.42. The molecule has 0 aliphatic heterocycles. The Morgan fingerprint density at radius 1 is 0.969 bits per heavy atom. The van der Waals surface area contributed by atoms with Crippen LogP contribution in [0.2, 0.25) is 0 Å². The molecule has 0 heterocycles. The smallest absolute Gasteiger partial charge is 0.261 e. The van der Waals surface area contributed by atoms with Crippen molar-refractivity contribution in [2.45, 2.75) is 59.0 Å². The van der Waals surface area contributed by atoms with Gasteiger partial charge in [-0.2, -0.15) is 0 Å². The van der Waals surface area contributed by atoms with E-state index in [1.165, 1.54) is 5.56 Å². The minimum absolute atomic E-state index is 0.0461. The molecule has 0 fully saturated rings. The highest BCUT2D eigenvalue weighted by Crippen LogP contribution is 2.24. The summed E-state index contributed by atoms with van der Waals surface area (Å²) >= 11 is 0. The molecule has 2 aromatic carbocycles. The van der Waals surface area contributed by atoms with Gasteiger partial charge in [0, 0.05) is 13.1 Å². The number of carbonyl (C=O) groups is 2. The number of methoxy groups -OCH3 is 1. The topological polar surface area (TPSA) is 67.9 Å². The van der Waals surface area contributed by atoms with Crippen LogP contribution in [0.4, 0.5) is 0 Å². The van der Waals surface area contributed by atoms with Crippen molar-refractivity contribution in [1.29, 1.82) is 0 Å². The molecule has 0 bridgehead atoms. The number of hydrogen-bond donors (Lipinski definition) is 1. The zero-order valence-electron chi connectivity index (χ0n) is 20.1. The van der Waals surface area contributed by atoms with E-state index in [0.29, 0.717) is 25.3 Å². The average Bonchev–Trinajstić information content (AvgIpc) is 2.77. The molecule has 0 aliphatic carbocycles. The Hall–Kier alpha value is -3.02. The van der Waals surface area contributed by atoms with Gasteiger partial charge in [-0.1, -0.05) is 52.0 Å². The third kappa shape index (κ3) is 7.01. The molecule has 6 nitrogen and oxygen atoms in total. The van der Waals surface area contributed by atoms with E-state index in [9.17, 15) is 9.59 Å². The molecule has 2 amide bonds. The van der Waals surface area contributed by atoms with Crippen molar-refractivity contribution in [2.75, 3.05) is 20.3 Å². The molecular formula is C26H36N2O4. The maximum atomic E-state index is 13.2. The van der Waals surface area contributed by atoms with Crippen LogP contribution in [0.25, 0.3) is 0 Å². The molecule has 0 aliphatic rings. The van der Waals surface area contributed by atoms with Crippen LogP contribution in [0, 0.1) is 0 Å². The van der Waals surface area contributed by atoms with Gasteiger partial charge in [-0.15, -0.1) is 0 Å². The number of amides is 2. The van der Waals surface area contributed by atoms with Crippen molar-refractivity contribution >= 4 is 11.8 Å². The van der Waals surface area contributed by atoms with Crippen LogP contribution in [-0.4, -0.2) is 43.0 Å². The van der Waals surface area contributed by atoms with Crippen LogP contribution in [0.5, 0.6) is 11.5 Å². The van der Waals surface area contributed by atoms with Crippen molar-refractivity contribution in [3.05, 3.63) is 59.7 Å². The molecular weight excluding hydrogens is 404 g/mol. The van der Waals surface area contributed by atoms with Crippen molar-refractivity contribution in [3.8, 4) is 11.5 Å². The van der Waals surface area contributed by atoms with E-state index in [2.05, 4.69) is 26.1 Å². The Bertz CT molecular complexity index is 870. The monoisotopic (exact) mass is 440 g/mol. The highest BCUT2D eigenvalue weighted by Gasteiger charge is 2.28. The van der Waals surface area contributed by atoms with Crippen molar-refractivity contribution in [2.24, 2.45) is 0 Å². The summed E-state index contributed by atoms with van der Waals surface area (Å²) in [4.78, 5) is 27.4. The van der Waals surface area contributed by atoms with Crippen LogP contribution in [0.15, 0.2) is 48.5 Å². The zero-order valence-corrected chi connectivity index (χ0v) is 20.1. The lowest BCUT2D eigenvalue weighted by molar-refractivity contribution is -0.142. The van der Waals surface area contributed by atoms with Crippen LogP contribution in [0.1, 0.15) is 52.2 Å². The molecule has 0 aromatic heterocycles. The first-order valence-corrected chi connectivity index (χ1v) is 11.1. The van der Waals surface area contributed by atoms with Gasteiger partial charge in [0.05, 0.1) is 7.11 Å². The Morgan fingerprint density at radius 3 is 2.06 bits per heavy atom. The van der Waals surface area contributed by atoms with Gasteiger partial charge in [-0.3, -0.25) is 9.59 Å². The summed E-state index contributed by atoms with van der Waals surface area (Å²) in [6.07, 6.45) is 0.508. The average molecular weight is 441 g/mol. The molecule has 174 valence electrons. The molecule has 1 atom stereocenters. The van der Waals surface area contributed by atoms with E-state index >= 15 is 0 Å². The number of likely N-dealkylation sites (N-methyl/N-ethyl adjacent to an activating group) is 1. The molecule has 2 aromatic rings. The molecule has 0 spiro atoms. The molecule has 0 saturated heterocycles. The molecule has 2 rings (SSSR count). The molecule has 1 unspecified atom stereocenters. The van der Waals surface area contributed by atoms with Gasteiger partial charge < -0.3 is 19.7 Å². The lowest BCUT2D eigenvalue weighted by atomic mass is 9.87. The SMILES string of the molecule is CCNC(=O)C(CC)N(Cc1ccc(OC)cc1)C(=O)COc1ccc(C(C)(C)C)cc1. The molecule has 32 heavy (non-hydrogen) atoms. The standard InChI is InChI=1S/C26H36N2O4/c1-7-23(25(30)27-8-2)28(17-19-9-13-21(31-6)14-10-19)24(29)18-32-22-15-11-20(12-16-22)26(3,4)5/h9-16,23H,7-8,17-18H2,1-6H3,(H,27,30). The number of hydrogen-bond acceptors (Lipinski definition) is 4. The van der Waals surface area contributed by atoms with Gasteiger partial charge in [0.25, 0.3) is 5.91 Å². The quantitative estimate of drug-likeness (QED) is 0.598. The van der Waals surface area contributed by atoms with E-state index in [1.807, 2.05) is 62.4 Å². The second kappa shape index (κ2) is 11.6. The van der Waals surface area contributed by atoms with Gasteiger partial charge in [-0.25, -0.2) is 0 Å². The zero-order chi connectivity index (χ0) is 23.7. The number of benzene rings is 2. The third-order valence-electron chi connectivity index (χ3n) is 5.33. The van der Waals surface area contributed by atoms with Crippen LogP contribution >= 0.6 is 0 Å². The molecule has 1 N–H and O–H groups in total. The van der Waals surface area contributed by atoms with Crippen LogP contribution in [-0.2, 0) is 21.5 Å². The number of nitrogens with zero attached hydrogens (tertiary/aromatic N) is 1. The summed E-state index contributed by atoms with van der Waals surface area (Å²) in [5.41, 5.74) is 2.15. The summed E-state index contributed by atoms with van der Waals surface area (Å²) in [6, 6.07) is 14.7. The fraction of sp³-hybridized carbons (Fsp3) is 0.462. The van der Waals surface area contributed by atoms with Crippen LogP contribution < -0.4 is 14.8 Å². The van der Waals surface area contributed by atoms with Crippen molar-refractivity contribution < 1.29 is 19.1 Å². The number of nitrogens with one attached hydrogen (secondary N) is 1. The van der Waals surface area contributed by atoms with Gasteiger partial charge in [0.1, 0.15) is 17.5 Å². The maximum absolute atomic E-state index is 13.2. The Morgan fingerprint density at radius 2 is 1.56 bits per heavy atom. The van der Waals surface area contributed by atoms with Gasteiger partial charge in [0.2, 0.25) is 5.91 Å². The highest BCUT2D eigenvalue weighted by atomic mass is 16.5. The first kappa shape index (κ1) is 25.2. The summed E-state index contributed by atoms with van der Waals surface area (Å²) in [5, 5.41) is 2.84. The minimum atomic E-state index is -0.573. The minimum Gasteiger partial charge on any atom is -0.497 e. The molecule has 0 saturated carbocycles. The maximum Gasteiger partial charge on any atom is 0.261 e. The number of ether oxygens (including phenoxy) is 2. The third-order valence-corrected chi connectivity index (χ3v) is 5.33. The van der Waals surface area contributed by atoms with E-state index < -0.39 is 6.04 Å². The van der Waals surface area contributed by atoms with Gasteiger partial charge in [-0.05, 0) is 54.2 Å². The summed E-state index contributed by atoms with van der Waals surface area (Å²) in [6.45, 7) is 10.9. The Labute approximate surface area is 191 Å². The molecule has 0 radical (unpaired) electrons. The van der Waals surface area contributed by atoms with E-state index in [4.69, 9.17) is 9.47 Å². The highest BCUT2D eigenvalue weighted by molar-refractivity contribution is 5.88. The first-order chi connectivity index (χ1) is 15.2. The second-order valence-electron chi connectivity index (χ2n) is 8.75. The molecule has 6 heteroatoms. The fourth-order valence-electron chi connectivity index (χ4n) is 3.42. The van der Waals surface area contributed by atoms with Crippen molar-refractivity contribution in [1.82, 2.24) is 10.2 Å². The number of carbonyl (C=O) groups excluding carboxylic acids is 2. The number of rotatable bonds is 10. The van der Waals surface area contributed by atoms with E-state index in [1.54, 1.807) is 12.0 Å². The van der Waals surface area contributed by atoms with E-state index in [-0.39, 0.29) is 23.8 Å². The normalized spacial score (nSPS) is 12.1. The predicted octanol–water partition coefficient (Wildman–Crippen LogP) is 4.32. The first-order valence-electron chi connectivity index (χ1n) is 11.1. The summed E-state index contributed by atoms with van der Waals surface area (Å²) in [5.74, 6) is 0.969. The predicted molar refractivity (Wildman–Crippen MR) is 127 cm³/mol.